The third-order valence-corrected chi connectivity index (χ3v) is 6.45. The van der Waals surface area contributed by atoms with Gasteiger partial charge in [-0.1, -0.05) is 109 Å². The molecule has 0 spiro atoms. The number of halogens is 2. The van der Waals surface area contributed by atoms with E-state index in [1.54, 1.807) is 0 Å². The van der Waals surface area contributed by atoms with Crippen LogP contribution in [0, 0.1) is 0 Å². The SMILES string of the molecule is CC(C)c1cccc(N(Cc2ccccc2)Cc2ccccc2)c1P(Cl)Cl. The highest BCUT2D eigenvalue weighted by atomic mass is 35.9. The molecule has 0 saturated carbocycles. The van der Waals surface area contributed by atoms with E-state index in [2.05, 4.69) is 85.5 Å². The van der Waals surface area contributed by atoms with Crippen LogP contribution in [0.3, 0.4) is 0 Å². The molecule has 0 bridgehead atoms. The Kier molecular flexibility index (Phi) is 7.19. The summed E-state index contributed by atoms with van der Waals surface area (Å²) in [6.07, 6.45) is 0. The van der Waals surface area contributed by atoms with Crippen molar-refractivity contribution in [2.75, 3.05) is 4.90 Å². The third-order valence-electron chi connectivity index (χ3n) is 4.61. The molecule has 3 aromatic rings. The van der Waals surface area contributed by atoms with Crippen LogP contribution in [-0.4, -0.2) is 0 Å². The molecule has 3 rings (SSSR count). The number of hydrogen-bond acceptors (Lipinski definition) is 1. The molecule has 0 radical (unpaired) electrons. The fourth-order valence-electron chi connectivity index (χ4n) is 3.29. The monoisotopic (exact) mass is 415 g/mol. The van der Waals surface area contributed by atoms with Crippen molar-refractivity contribution in [1.29, 1.82) is 0 Å². The second kappa shape index (κ2) is 9.60. The van der Waals surface area contributed by atoms with Gasteiger partial charge in [0.25, 0.3) is 0 Å². The highest BCUT2D eigenvalue weighted by Crippen LogP contribution is 2.50. The van der Waals surface area contributed by atoms with Gasteiger partial charge in [-0.15, -0.1) is 0 Å². The molecule has 0 aromatic heterocycles. The Morgan fingerprint density at radius 1 is 0.741 bits per heavy atom. The second-order valence-electron chi connectivity index (χ2n) is 6.93. The van der Waals surface area contributed by atoms with Crippen molar-refractivity contribution in [3.05, 3.63) is 95.6 Å². The summed E-state index contributed by atoms with van der Waals surface area (Å²) in [4.78, 5) is 2.38. The average molecular weight is 416 g/mol. The number of nitrogens with zero attached hydrogens (tertiary/aromatic N) is 1. The summed E-state index contributed by atoms with van der Waals surface area (Å²) in [5, 5.41) is 1.08. The molecule has 0 aliphatic rings. The van der Waals surface area contributed by atoms with Crippen molar-refractivity contribution in [2.45, 2.75) is 32.9 Å². The Labute approximate surface area is 173 Å². The van der Waals surface area contributed by atoms with Gasteiger partial charge in [-0.2, -0.15) is 0 Å². The van der Waals surface area contributed by atoms with Gasteiger partial charge in [0, 0.05) is 24.1 Å². The Morgan fingerprint density at radius 3 is 1.70 bits per heavy atom. The van der Waals surface area contributed by atoms with E-state index in [4.69, 9.17) is 22.5 Å². The van der Waals surface area contributed by atoms with Gasteiger partial charge in [0.2, 0.25) is 0 Å². The van der Waals surface area contributed by atoms with Gasteiger partial charge < -0.3 is 4.90 Å². The lowest BCUT2D eigenvalue weighted by atomic mass is 10.0. The van der Waals surface area contributed by atoms with Gasteiger partial charge in [-0.3, -0.25) is 0 Å². The Bertz CT molecular complexity index is 809. The zero-order valence-corrected chi connectivity index (χ0v) is 18.1. The summed E-state index contributed by atoms with van der Waals surface area (Å²) in [5.41, 5.74) is 4.89. The van der Waals surface area contributed by atoms with Crippen LogP contribution >= 0.6 is 29.1 Å². The summed E-state index contributed by atoms with van der Waals surface area (Å²) >= 11 is 13.0. The van der Waals surface area contributed by atoms with E-state index >= 15 is 0 Å². The highest BCUT2D eigenvalue weighted by molar-refractivity contribution is 8.09. The average Bonchev–Trinajstić information content (AvgIpc) is 2.68. The zero-order valence-electron chi connectivity index (χ0n) is 15.6. The molecule has 3 aromatic carbocycles. The summed E-state index contributed by atoms with van der Waals surface area (Å²) < 4.78 is 0. The Hall–Kier alpha value is -1.53. The maximum absolute atomic E-state index is 6.51. The van der Waals surface area contributed by atoms with E-state index in [1.165, 1.54) is 16.7 Å². The zero-order chi connectivity index (χ0) is 19.2. The molecule has 0 saturated heterocycles. The van der Waals surface area contributed by atoms with Crippen LogP contribution in [0.15, 0.2) is 78.9 Å². The second-order valence-corrected chi connectivity index (χ2v) is 10.4. The largest absolute Gasteiger partial charge is 0.362 e. The van der Waals surface area contributed by atoms with E-state index in [0.717, 1.165) is 24.1 Å². The number of hydrogen-bond donors (Lipinski definition) is 0. The molecule has 27 heavy (non-hydrogen) atoms. The molecule has 0 heterocycles. The van der Waals surface area contributed by atoms with Crippen LogP contribution in [0.4, 0.5) is 5.69 Å². The summed E-state index contributed by atoms with van der Waals surface area (Å²) in [6.45, 7) is 4.74. The third kappa shape index (κ3) is 5.26. The molecule has 1 nitrogen and oxygen atoms in total. The smallest absolute Gasteiger partial charge is 0.119 e. The highest BCUT2D eigenvalue weighted by Gasteiger charge is 2.21. The fraction of sp³-hybridized carbons (Fsp3) is 0.217. The quantitative estimate of drug-likeness (QED) is 0.362. The number of rotatable bonds is 7. The summed E-state index contributed by atoms with van der Waals surface area (Å²) in [6, 6.07) is 27.5. The van der Waals surface area contributed by atoms with Gasteiger partial charge >= 0.3 is 0 Å². The van der Waals surface area contributed by atoms with E-state index in [1.807, 2.05) is 12.1 Å². The van der Waals surface area contributed by atoms with Crippen LogP contribution in [-0.2, 0) is 13.1 Å². The standard InChI is InChI=1S/C23H24Cl2NP/c1-18(2)21-14-9-15-22(23(21)27(24)25)26(16-19-10-5-3-6-11-19)17-20-12-7-4-8-13-20/h3-15,18H,16-17H2,1-2H3. The maximum atomic E-state index is 6.51. The van der Waals surface area contributed by atoms with Gasteiger partial charge in [-0.25, -0.2) is 0 Å². The minimum Gasteiger partial charge on any atom is -0.362 e. The molecule has 0 amide bonds. The first-order valence-corrected chi connectivity index (χ1v) is 12.3. The molecule has 0 fully saturated rings. The van der Waals surface area contributed by atoms with E-state index in [9.17, 15) is 0 Å². The minimum absolute atomic E-state index is 0.373. The molecular weight excluding hydrogens is 392 g/mol. The topological polar surface area (TPSA) is 3.24 Å². The van der Waals surface area contributed by atoms with E-state index in [0.29, 0.717) is 5.92 Å². The normalized spacial score (nSPS) is 11.2. The van der Waals surface area contributed by atoms with Crippen LogP contribution in [0.5, 0.6) is 0 Å². The number of benzene rings is 3. The Morgan fingerprint density at radius 2 is 1.26 bits per heavy atom. The molecule has 0 aliphatic carbocycles. The lowest BCUT2D eigenvalue weighted by molar-refractivity contribution is 0.799. The van der Waals surface area contributed by atoms with Crippen LogP contribution < -0.4 is 10.2 Å². The first-order chi connectivity index (χ1) is 13.1. The molecule has 0 atom stereocenters. The van der Waals surface area contributed by atoms with Crippen molar-refractivity contribution in [1.82, 2.24) is 0 Å². The molecule has 0 N–H and O–H groups in total. The lowest BCUT2D eigenvalue weighted by Gasteiger charge is -2.29. The van der Waals surface area contributed by atoms with Crippen molar-refractivity contribution in [3.63, 3.8) is 0 Å². The van der Waals surface area contributed by atoms with Crippen molar-refractivity contribution in [3.8, 4) is 0 Å². The maximum Gasteiger partial charge on any atom is 0.119 e. The minimum atomic E-state index is -1.25. The molecule has 0 aliphatic heterocycles. The van der Waals surface area contributed by atoms with Gasteiger partial charge in [-0.05, 0) is 28.7 Å². The number of anilines is 1. The van der Waals surface area contributed by atoms with Crippen LogP contribution in [0.25, 0.3) is 0 Å². The Balaban J connectivity index is 2.05. The first-order valence-electron chi connectivity index (χ1n) is 9.13. The molecule has 4 heteroatoms. The first kappa shape index (κ1) is 20.2. The molecule has 140 valence electrons. The van der Waals surface area contributed by atoms with Crippen molar-refractivity contribution >= 4 is 40.1 Å². The summed E-state index contributed by atoms with van der Waals surface area (Å²) in [7, 11) is 0. The van der Waals surface area contributed by atoms with Gasteiger partial charge in [0.05, 0.1) is 0 Å². The predicted molar refractivity (Wildman–Crippen MR) is 122 cm³/mol. The summed E-state index contributed by atoms with van der Waals surface area (Å²) in [5.74, 6) is 0.373. The molecule has 0 unspecified atom stereocenters. The lowest BCUT2D eigenvalue weighted by Crippen LogP contribution is -2.27. The van der Waals surface area contributed by atoms with E-state index in [-0.39, 0.29) is 0 Å². The van der Waals surface area contributed by atoms with Crippen LogP contribution in [0.2, 0.25) is 0 Å². The van der Waals surface area contributed by atoms with E-state index < -0.39 is 6.63 Å². The van der Waals surface area contributed by atoms with Crippen molar-refractivity contribution in [2.24, 2.45) is 0 Å². The van der Waals surface area contributed by atoms with Gasteiger partial charge in [0.1, 0.15) is 6.63 Å². The fourth-order valence-corrected chi connectivity index (χ4v) is 5.31. The van der Waals surface area contributed by atoms with Crippen molar-refractivity contribution < 1.29 is 0 Å². The van der Waals surface area contributed by atoms with Crippen LogP contribution in [0.1, 0.15) is 36.5 Å². The predicted octanol–water partition coefficient (Wildman–Crippen LogP) is 7.43. The molecular formula is C23H24Cl2NP. The van der Waals surface area contributed by atoms with Gasteiger partial charge in [0.15, 0.2) is 0 Å².